The van der Waals surface area contributed by atoms with Crippen molar-refractivity contribution in [2.45, 2.75) is 25.8 Å². The summed E-state index contributed by atoms with van der Waals surface area (Å²) < 4.78 is 0.991. The van der Waals surface area contributed by atoms with Crippen LogP contribution < -0.4 is 5.73 Å². The number of hydrogen-bond acceptors (Lipinski definition) is 4. The number of hydrogen-bond donors (Lipinski definition) is 1. The summed E-state index contributed by atoms with van der Waals surface area (Å²) in [6, 6.07) is 4.06. The van der Waals surface area contributed by atoms with E-state index in [0.717, 1.165) is 33.7 Å². The molecule has 0 amide bonds. The zero-order valence-corrected chi connectivity index (χ0v) is 12.0. The minimum atomic E-state index is 0.0780. The van der Waals surface area contributed by atoms with Crippen LogP contribution in [-0.4, -0.2) is 16.0 Å². The van der Waals surface area contributed by atoms with E-state index in [1.54, 1.807) is 17.5 Å². The molecular formula is C12H14BrN3S. The van der Waals surface area contributed by atoms with Crippen molar-refractivity contribution in [2.24, 2.45) is 5.73 Å². The van der Waals surface area contributed by atoms with Crippen LogP contribution in [0.2, 0.25) is 0 Å². The first-order valence-corrected chi connectivity index (χ1v) is 7.08. The second kappa shape index (κ2) is 5.71. The van der Waals surface area contributed by atoms with Gasteiger partial charge in [0.25, 0.3) is 0 Å². The lowest BCUT2D eigenvalue weighted by atomic mass is 10.1. The monoisotopic (exact) mass is 311 g/mol. The molecule has 0 fully saturated rings. The number of thiazole rings is 1. The Balaban J connectivity index is 1.93. The van der Waals surface area contributed by atoms with Gasteiger partial charge in [-0.1, -0.05) is 0 Å². The van der Waals surface area contributed by atoms with Crippen LogP contribution in [0.25, 0.3) is 0 Å². The SMILES string of the molecule is Cc1csc(CC(N)Cc2ccc(Br)cn2)n1. The molecule has 3 nitrogen and oxygen atoms in total. The Labute approximate surface area is 113 Å². The second-order valence-corrected chi connectivity index (χ2v) is 5.88. The van der Waals surface area contributed by atoms with Crippen molar-refractivity contribution in [1.29, 1.82) is 0 Å². The zero-order valence-electron chi connectivity index (χ0n) is 9.56. The van der Waals surface area contributed by atoms with Gasteiger partial charge in [0.05, 0.1) is 5.01 Å². The van der Waals surface area contributed by atoms with E-state index in [4.69, 9.17) is 5.73 Å². The van der Waals surface area contributed by atoms with E-state index >= 15 is 0 Å². The highest BCUT2D eigenvalue weighted by Crippen LogP contribution is 2.13. The molecule has 0 aliphatic carbocycles. The van der Waals surface area contributed by atoms with E-state index in [1.807, 2.05) is 19.1 Å². The van der Waals surface area contributed by atoms with Crippen molar-refractivity contribution in [2.75, 3.05) is 0 Å². The zero-order chi connectivity index (χ0) is 12.3. The standard InChI is InChI=1S/C12H14BrN3S/c1-8-7-17-12(16-8)5-10(14)4-11-3-2-9(13)6-15-11/h2-3,6-7,10H,4-5,14H2,1H3. The molecule has 0 spiro atoms. The molecule has 2 heterocycles. The molecule has 0 aromatic carbocycles. The summed E-state index contributed by atoms with van der Waals surface area (Å²) in [6.07, 6.45) is 3.40. The van der Waals surface area contributed by atoms with Gasteiger partial charge in [0.2, 0.25) is 0 Å². The number of nitrogens with zero attached hydrogens (tertiary/aromatic N) is 2. The fraction of sp³-hybridized carbons (Fsp3) is 0.333. The summed E-state index contributed by atoms with van der Waals surface area (Å²) in [6.45, 7) is 2.00. The van der Waals surface area contributed by atoms with Gasteiger partial charge >= 0.3 is 0 Å². The van der Waals surface area contributed by atoms with Gasteiger partial charge in [-0.15, -0.1) is 11.3 Å². The van der Waals surface area contributed by atoms with Crippen molar-refractivity contribution >= 4 is 27.3 Å². The van der Waals surface area contributed by atoms with Crippen LogP contribution in [0.15, 0.2) is 28.2 Å². The smallest absolute Gasteiger partial charge is 0.0943 e. The number of nitrogens with two attached hydrogens (primary N) is 1. The Kier molecular flexibility index (Phi) is 4.25. The van der Waals surface area contributed by atoms with Gasteiger partial charge in [-0.25, -0.2) is 4.98 Å². The quantitative estimate of drug-likeness (QED) is 0.944. The molecular weight excluding hydrogens is 298 g/mol. The molecule has 2 aromatic heterocycles. The predicted octanol–water partition coefficient (Wildman–Crippen LogP) is 2.72. The molecule has 90 valence electrons. The van der Waals surface area contributed by atoms with Gasteiger partial charge in [-0.05, 0) is 35.0 Å². The first-order valence-electron chi connectivity index (χ1n) is 5.40. The van der Waals surface area contributed by atoms with Crippen LogP contribution in [-0.2, 0) is 12.8 Å². The summed E-state index contributed by atoms with van der Waals surface area (Å²) in [7, 11) is 0. The predicted molar refractivity (Wildman–Crippen MR) is 74.2 cm³/mol. The Bertz CT molecular complexity index is 481. The highest BCUT2D eigenvalue weighted by Gasteiger charge is 2.08. The van der Waals surface area contributed by atoms with Crippen LogP contribution in [0.3, 0.4) is 0 Å². The molecule has 0 aliphatic heterocycles. The Hall–Kier alpha value is -0.780. The third-order valence-electron chi connectivity index (χ3n) is 2.36. The Morgan fingerprint density at radius 2 is 2.24 bits per heavy atom. The van der Waals surface area contributed by atoms with Gasteiger partial charge in [0.1, 0.15) is 0 Å². The van der Waals surface area contributed by atoms with Crippen LogP contribution >= 0.6 is 27.3 Å². The minimum absolute atomic E-state index is 0.0780. The van der Waals surface area contributed by atoms with Crippen LogP contribution in [0.5, 0.6) is 0 Å². The summed E-state index contributed by atoms with van der Waals surface area (Å²) in [5, 5.41) is 3.16. The van der Waals surface area contributed by atoms with Crippen molar-refractivity contribution in [3.63, 3.8) is 0 Å². The summed E-state index contributed by atoms with van der Waals surface area (Å²) >= 11 is 5.04. The maximum atomic E-state index is 6.10. The van der Waals surface area contributed by atoms with E-state index in [9.17, 15) is 0 Å². The molecule has 2 N–H and O–H groups in total. The number of rotatable bonds is 4. The highest BCUT2D eigenvalue weighted by atomic mass is 79.9. The van der Waals surface area contributed by atoms with Gasteiger partial charge in [0, 0.05) is 46.3 Å². The van der Waals surface area contributed by atoms with Crippen LogP contribution in [0, 0.1) is 6.92 Å². The summed E-state index contributed by atoms with van der Waals surface area (Å²) in [4.78, 5) is 8.74. The van der Waals surface area contributed by atoms with E-state index < -0.39 is 0 Å². The number of aromatic nitrogens is 2. The molecule has 1 atom stereocenters. The molecule has 0 saturated heterocycles. The first-order chi connectivity index (χ1) is 8.13. The second-order valence-electron chi connectivity index (χ2n) is 4.02. The largest absolute Gasteiger partial charge is 0.327 e. The number of aryl methyl sites for hydroxylation is 1. The molecule has 2 aromatic rings. The normalized spacial score (nSPS) is 12.6. The fourth-order valence-corrected chi connectivity index (χ4v) is 2.69. The number of halogens is 1. The van der Waals surface area contributed by atoms with Crippen molar-refractivity contribution < 1.29 is 0 Å². The molecule has 0 bridgehead atoms. The molecule has 0 aliphatic rings. The van der Waals surface area contributed by atoms with E-state index in [-0.39, 0.29) is 6.04 Å². The Morgan fingerprint density at radius 1 is 1.41 bits per heavy atom. The minimum Gasteiger partial charge on any atom is -0.327 e. The van der Waals surface area contributed by atoms with Crippen LogP contribution in [0.1, 0.15) is 16.4 Å². The molecule has 0 saturated carbocycles. The fourth-order valence-electron chi connectivity index (χ4n) is 1.59. The van der Waals surface area contributed by atoms with Gasteiger partial charge in [-0.2, -0.15) is 0 Å². The third kappa shape index (κ3) is 3.87. The molecule has 0 radical (unpaired) electrons. The molecule has 2 rings (SSSR count). The molecule has 1 unspecified atom stereocenters. The molecule has 17 heavy (non-hydrogen) atoms. The van der Waals surface area contributed by atoms with Gasteiger partial charge in [0.15, 0.2) is 0 Å². The summed E-state index contributed by atoms with van der Waals surface area (Å²) in [5.41, 5.74) is 8.19. The Morgan fingerprint density at radius 3 is 2.82 bits per heavy atom. The van der Waals surface area contributed by atoms with Gasteiger partial charge < -0.3 is 5.73 Å². The number of pyridine rings is 1. The van der Waals surface area contributed by atoms with Crippen molar-refractivity contribution in [3.05, 3.63) is 44.6 Å². The van der Waals surface area contributed by atoms with Crippen LogP contribution in [0.4, 0.5) is 0 Å². The lowest BCUT2D eigenvalue weighted by molar-refractivity contribution is 0.651. The maximum Gasteiger partial charge on any atom is 0.0943 e. The molecule has 5 heteroatoms. The topological polar surface area (TPSA) is 51.8 Å². The maximum absolute atomic E-state index is 6.10. The average Bonchev–Trinajstić information content (AvgIpc) is 2.67. The van der Waals surface area contributed by atoms with Gasteiger partial charge in [-0.3, -0.25) is 4.98 Å². The van der Waals surface area contributed by atoms with E-state index in [1.165, 1.54) is 0 Å². The van der Waals surface area contributed by atoms with Crippen molar-refractivity contribution in [1.82, 2.24) is 9.97 Å². The lowest BCUT2D eigenvalue weighted by Gasteiger charge is -2.09. The summed E-state index contributed by atoms with van der Waals surface area (Å²) in [5.74, 6) is 0. The highest BCUT2D eigenvalue weighted by molar-refractivity contribution is 9.10. The first kappa shape index (κ1) is 12.7. The average molecular weight is 312 g/mol. The van der Waals surface area contributed by atoms with E-state index in [0.29, 0.717) is 0 Å². The lowest BCUT2D eigenvalue weighted by Crippen LogP contribution is -2.25. The third-order valence-corrected chi connectivity index (χ3v) is 3.82. The van der Waals surface area contributed by atoms with Crippen molar-refractivity contribution in [3.8, 4) is 0 Å². The van der Waals surface area contributed by atoms with E-state index in [2.05, 4.69) is 31.3 Å².